The SMILES string of the molecule is CN(C)[C@H](c1ccccc1)C(O)N1CSC[C@H]1c1ncc(-c2ccc(-c3ccc(-c4cnc([C@@H]5CSCN5C(=O)[C@@H](c5ccccc5)N(C)C)[nH]4)cc3)cc2)[nH]1. The molecule has 3 N–H and O–H groups in total. The van der Waals surface area contributed by atoms with Crippen LogP contribution < -0.4 is 0 Å². The van der Waals surface area contributed by atoms with Crippen molar-refractivity contribution in [3.63, 3.8) is 0 Å². The summed E-state index contributed by atoms with van der Waals surface area (Å²) in [5, 5.41) is 11.7. The number of hydrogen-bond acceptors (Lipinski definition) is 9. The van der Waals surface area contributed by atoms with Gasteiger partial charge in [0.15, 0.2) is 0 Å². The molecule has 1 amide bonds. The number of aromatic amines is 2. The van der Waals surface area contributed by atoms with Gasteiger partial charge in [-0.2, -0.15) is 0 Å². The highest BCUT2D eigenvalue weighted by atomic mass is 32.2. The van der Waals surface area contributed by atoms with Crippen molar-refractivity contribution in [3.8, 4) is 33.6 Å². The predicted octanol–water partition coefficient (Wildman–Crippen LogP) is 7.68. The summed E-state index contributed by atoms with van der Waals surface area (Å²) >= 11 is 3.57. The molecular formula is C44H48N8O2S2. The molecule has 0 spiro atoms. The van der Waals surface area contributed by atoms with Crippen molar-refractivity contribution in [1.29, 1.82) is 0 Å². The first-order valence-corrected chi connectivity index (χ1v) is 21.2. The van der Waals surface area contributed by atoms with Gasteiger partial charge in [0.25, 0.3) is 0 Å². The molecule has 4 heterocycles. The van der Waals surface area contributed by atoms with Crippen LogP contribution in [0.2, 0.25) is 0 Å². The van der Waals surface area contributed by atoms with Crippen LogP contribution in [-0.4, -0.2) is 108 Å². The summed E-state index contributed by atoms with van der Waals surface area (Å²) in [4.78, 5) is 38.8. The van der Waals surface area contributed by atoms with Crippen LogP contribution in [0.25, 0.3) is 33.6 Å². The van der Waals surface area contributed by atoms with E-state index in [-0.39, 0.29) is 30.1 Å². The van der Waals surface area contributed by atoms with Crippen molar-refractivity contribution in [1.82, 2.24) is 39.5 Å². The molecule has 2 aliphatic rings. The lowest BCUT2D eigenvalue weighted by molar-refractivity contribution is -0.137. The van der Waals surface area contributed by atoms with Crippen LogP contribution in [-0.2, 0) is 4.79 Å². The zero-order valence-electron chi connectivity index (χ0n) is 32.1. The summed E-state index contributed by atoms with van der Waals surface area (Å²) in [6.45, 7) is 0. The van der Waals surface area contributed by atoms with E-state index in [0.717, 1.165) is 73.8 Å². The highest BCUT2D eigenvalue weighted by Crippen LogP contribution is 2.39. The summed E-state index contributed by atoms with van der Waals surface area (Å²) < 4.78 is 0. The lowest BCUT2D eigenvalue weighted by Crippen LogP contribution is -2.44. The molecule has 1 unspecified atom stereocenters. The van der Waals surface area contributed by atoms with Crippen molar-refractivity contribution in [3.05, 3.63) is 144 Å². The minimum atomic E-state index is -0.685. The average molecular weight is 785 g/mol. The molecule has 0 radical (unpaired) electrons. The van der Waals surface area contributed by atoms with Gasteiger partial charge in [-0.25, -0.2) is 9.97 Å². The number of nitrogens with zero attached hydrogens (tertiary/aromatic N) is 6. The zero-order chi connectivity index (χ0) is 38.8. The molecule has 5 atom stereocenters. The van der Waals surface area contributed by atoms with Crippen LogP contribution in [0.5, 0.6) is 0 Å². The Morgan fingerprint density at radius 2 is 1.14 bits per heavy atom. The number of carbonyl (C=O) groups is 1. The molecular weight excluding hydrogens is 737 g/mol. The second kappa shape index (κ2) is 16.8. The number of aliphatic hydroxyl groups excluding tert-OH is 1. The van der Waals surface area contributed by atoms with Gasteiger partial charge in [-0.05, 0) is 61.6 Å². The Bertz CT molecular complexity index is 2210. The van der Waals surface area contributed by atoms with Crippen LogP contribution in [0.4, 0.5) is 0 Å². The van der Waals surface area contributed by atoms with Crippen LogP contribution in [0, 0.1) is 0 Å². The van der Waals surface area contributed by atoms with Gasteiger partial charge in [0.1, 0.15) is 23.9 Å². The highest BCUT2D eigenvalue weighted by Gasteiger charge is 2.39. The van der Waals surface area contributed by atoms with E-state index in [9.17, 15) is 9.90 Å². The number of nitrogens with one attached hydrogen (secondary N) is 2. The fourth-order valence-corrected chi connectivity index (χ4v) is 10.2. The Morgan fingerprint density at radius 3 is 1.68 bits per heavy atom. The first-order valence-electron chi connectivity index (χ1n) is 18.9. The van der Waals surface area contributed by atoms with E-state index in [1.807, 2.05) is 111 Å². The van der Waals surface area contributed by atoms with Crippen molar-refractivity contribution >= 4 is 29.4 Å². The Labute approximate surface area is 337 Å². The van der Waals surface area contributed by atoms with E-state index in [1.54, 1.807) is 11.8 Å². The number of carbonyl (C=O) groups excluding carboxylic acids is 1. The number of amides is 1. The van der Waals surface area contributed by atoms with E-state index in [4.69, 9.17) is 9.97 Å². The quantitative estimate of drug-likeness (QED) is 0.115. The number of aromatic nitrogens is 4. The number of H-pyrrole nitrogens is 2. The van der Waals surface area contributed by atoms with Crippen molar-refractivity contribution in [2.45, 2.75) is 30.4 Å². The molecule has 0 saturated carbocycles. The molecule has 10 nitrogen and oxygen atoms in total. The fraction of sp³-hybridized carbons (Fsp3) is 0.295. The summed E-state index contributed by atoms with van der Waals surface area (Å²) in [5.41, 5.74) is 8.29. The third-order valence-corrected chi connectivity index (χ3v) is 12.9. The number of thioether (sulfide) groups is 2. The summed E-state index contributed by atoms with van der Waals surface area (Å²) in [6.07, 6.45) is 3.09. The molecule has 2 fully saturated rings. The molecule has 12 heteroatoms. The van der Waals surface area contributed by atoms with Crippen LogP contribution in [0.15, 0.2) is 122 Å². The molecule has 56 heavy (non-hydrogen) atoms. The lowest BCUT2D eigenvalue weighted by Gasteiger charge is -2.36. The van der Waals surface area contributed by atoms with E-state index >= 15 is 0 Å². The minimum absolute atomic E-state index is 0.0211. The highest BCUT2D eigenvalue weighted by molar-refractivity contribution is 7.99. The van der Waals surface area contributed by atoms with Gasteiger partial charge in [0.05, 0.1) is 47.8 Å². The summed E-state index contributed by atoms with van der Waals surface area (Å²) in [7, 11) is 7.94. The van der Waals surface area contributed by atoms with Crippen LogP contribution in [0.3, 0.4) is 0 Å². The third kappa shape index (κ3) is 7.82. The van der Waals surface area contributed by atoms with Crippen molar-refractivity contribution in [2.75, 3.05) is 51.4 Å². The van der Waals surface area contributed by atoms with Crippen LogP contribution >= 0.6 is 23.5 Å². The average Bonchev–Trinajstić information content (AvgIpc) is 4.06. The van der Waals surface area contributed by atoms with Gasteiger partial charge in [0.2, 0.25) is 5.91 Å². The molecule has 288 valence electrons. The smallest absolute Gasteiger partial charge is 0.245 e. The van der Waals surface area contributed by atoms with Crippen LogP contribution in [0.1, 0.15) is 46.9 Å². The summed E-state index contributed by atoms with van der Waals surface area (Å²) in [6, 6.07) is 36.6. The van der Waals surface area contributed by atoms with E-state index in [0.29, 0.717) is 5.88 Å². The Kier molecular flexibility index (Phi) is 11.5. The van der Waals surface area contributed by atoms with Gasteiger partial charge < -0.3 is 20.0 Å². The number of imidazole rings is 2. The normalized spacial score (nSPS) is 19.2. The molecule has 0 aliphatic carbocycles. The third-order valence-electron chi connectivity index (χ3n) is 10.8. The van der Waals surface area contributed by atoms with E-state index in [2.05, 4.69) is 80.4 Å². The molecule has 2 aliphatic heterocycles. The number of benzene rings is 4. The first-order chi connectivity index (χ1) is 27.3. The fourth-order valence-electron chi connectivity index (χ4n) is 7.85. The Morgan fingerprint density at radius 1 is 0.661 bits per heavy atom. The second-order valence-corrected chi connectivity index (χ2v) is 16.9. The number of likely N-dealkylation sites (N-methyl/N-ethyl adjacent to an activating group) is 2. The molecule has 2 saturated heterocycles. The van der Waals surface area contributed by atoms with Crippen molar-refractivity contribution in [2.24, 2.45) is 0 Å². The molecule has 4 aromatic carbocycles. The standard InChI is InChI=1S/C44H48N8O2S2/c1-49(2)39(33-11-7-5-8-12-33)43(53)51-27-55-25-37(51)41-45-23-35(47-41)31-19-15-29(16-20-31)30-17-21-32(22-18-30)36-24-46-42(48-36)38-26-56-28-52(38)44(54)40(50(3)4)34-13-9-6-10-14-34/h5-24,37-40,43,53H,25-28H2,1-4H3,(H,45,47)(H,46,48)/t37-,38-,39+,40+,43?/m0/s1. The molecule has 2 aromatic heterocycles. The number of hydrogen-bond donors (Lipinski definition) is 3. The monoisotopic (exact) mass is 784 g/mol. The van der Waals surface area contributed by atoms with Gasteiger partial charge in [-0.3, -0.25) is 19.5 Å². The van der Waals surface area contributed by atoms with E-state index < -0.39 is 6.23 Å². The zero-order valence-corrected chi connectivity index (χ0v) is 33.8. The molecule has 6 aromatic rings. The molecule has 8 rings (SSSR count). The maximum absolute atomic E-state index is 13.9. The van der Waals surface area contributed by atoms with E-state index in [1.165, 1.54) is 0 Å². The minimum Gasteiger partial charge on any atom is -0.376 e. The van der Waals surface area contributed by atoms with Gasteiger partial charge in [-0.1, -0.05) is 109 Å². The number of aliphatic hydroxyl groups is 1. The Balaban J connectivity index is 0.929. The number of rotatable bonds is 12. The van der Waals surface area contributed by atoms with Gasteiger partial charge in [-0.15, -0.1) is 23.5 Å². The lowest BCUT2D eigenvalue weighted by atomic mass is 10.0. The topological polar surface area (TPSA) is 108 Å². The second-order valence-electron chi connectivity index (χ2n) is 14.9. The molecule has 0 bridgehead atoms. The maximum Gasteiger partial charge on any atom is 0.245 e. The summed E-state index contributed by atoms with van der Waals surface area (Å²) in [5.74, 6) is 4.80. The largest absolute Gasteiger partial charge is 0.376 e. The van der Waals surface area contributed by atoms with Gasteiger partial charge in [0, 0.05) is 17.4 Å². The maximum atomic E-state index is 13.9. The predicted molar refractivity (Wildman–Crippen MR) is 228 cm³/mol. The first kappa shape index (κ1) is 38.2. The Hall–Kier alpha value is -4.69. The van der Waals surface area contributed by atoms with Crippen molar-refractivity contribution < 1.29 is 9.90 Å². The van der Waals surface area contributed by atoms with Gasteiger partial charge >= 0.3 is 0 Å².